The molecule has 0 spiro atoms. The first-order valence-corrected chi connectivity index (χ1v) is 6.77. The van der Waals surface area contributed by atoms with Gasteiger partial charge in [-0.25, -0.2) is 0 Å². The predicted molar refractivity (Wildman–Crippen MR) is 73.5 cm³/mol. The highest BCUT2D eigenvalue weighted by Crippen LogP contribution is 2.21. The number of aliphatic hydroxyl groups excluding tert-OH is 1. The molecule has 0 aliphatic carbocycles. The van der Waals surface area contributed by atoms with Gasteiger partial charge in [0.25, 0.3) is 0 Å². The lowest BCUT2D eigenvalue weighted by Gasteiger charge is -2.19. The number of nitrogens with one attached hydrogen (secondary N) is 1. The van der Waals surface area contributed by atoms with Gasteiger partial charge in [0.2, 0.25) is 0 Å². The monoisotopic (exact) mass is 289 g/mol. The third-order valence-corrected chi connectivity index (χ3v) is 3.12. The minimum absolute atomic E-state index is 0.236. The number of alkyl halides is 3. The molecule has 0 radical (unpaired) electrons. The van der Waals surface area contributed by atoms with Gasteiger partial charge in [-0.05, 0) is 30.4 Å². The number of rotatable bonds is 6. The zero-order valence-electron chi connectivity index (χ0n) is 12.0. The molecule has 1 aromatic carbocycles. The molecule has 0 aromatic heterocycles. The molecule has 1 rings (SSSR count). The Hall–Kier alpha value is -1.07. The van der Waals surface area contributed by atoms with Crippen LogP contribution in [0.4, 0.5) is 13.2 Å². The summed E-state index contributed by atoms with van der Waals surface area (Å²) in [5.74, 6) is 0.568. The molecule has 0 bridgehead atoms. The molecule has 0 amide bonds. The van der Waals surface area contributed by atoms with Crippen molar-refractivity contribution in [2.24, 2.45) is 5.92 Å². The van der Waals surface area contributed by atoms with Crippen LogP contribution in [0.15, 0.2) is 24.3 Å². The summed E-state index contributed by atoms with van der Waals surface area (Å²) in [4.78, 5) is 0. The van der Waals surface area contributed by atoms with Gasteiger partial charge in [-0.3, -0.25) is 0 Å². The highest BCUT2D eigenvalue weighted by atomic mass is 19.4. The van der Waals surface area contributed by atoms with Crippen LogP contribution in [-0.4, -0.2) is 23.9 Å². The highest BCUT2D eigenvalue weighted by Gasteiger charge is 2.37. The van der Waals surface area contributed by atoms with E-state index in [0.717, 1.165) is 12.0 Å². The van der Waals surface area contributed by atoms with Gasteiger partial charge < -0.3 is 10.4 Å². The normalized spacial score (nSPS) is 15.4. The minimum Gasteiger partial charge on any atom is -0.382 e. The van der Waals surface area contributed by atoms with E-state index in [1.165, 1.54) is 5.56 Å². The summed E-state index contributed by atoms with van der Waals surface area (Å²) in [6, 6.07) is 7.58. The van der Waals surface area contributed by atoms with E-state index in [-0.39, 0.29) is 6.04 Å². The second-order valence-electron chi connectivity index (χ2n) is 5.53. The van der Waals surface area contributed by atoms with E-state index >= 15 is 0 Å². The molecule has 114 valence electrons. The summed E-state index contributed by atoms with van der Waals surface area (Å²) < 4.78 is 36.6. The number of halogens is 3. The maximum absolute atomic E-state index is 12.2. The van der Waals surface area contributed by atoms with Crippen LogP contribution in [0.5, 0.6) is 0 Å². The molecule has 0 aliphatic heterocycles. The Morgan fingerprint density at radius 1 is 1.10 bits per heavy atom. The van der Waals surface area contributed by atoms with Crippen LogP contribution in [0.2, 0.25) is 0 Å². The molecular formula is C15H22F3NO. The van der Waals surface area contributed by atoms with Crippen molar-refractivity contribution < 1.29 is 18.3 Å². The molecule has 0 aliphatic rings. The fourth-order valence-corrected chi connectivity index (χ4v) is 1.94. The van der Waals surface area contributed by atoms with E-state index in [2.05, 4.69) is 19.2 Å². The Labute approximate surface area is 118 Å². The van der Waals surface area contributed by atoms with Crippen molar-refractivity contribution >= 4 is 0 Å². The van der Waals surface area contributed by atoms with E-state index in [1.807, 2.05) is 24.3 Å². The summed E-state index contributed by atoms with van der Waals surface area (Å²) in [6.45, 7) is 5.55. The van der Waals surface area contributed by atoms with Gasteiger partial charge in [-0.15, -0.1) is 0 Å². The van der Waals surface area contributed by atoms with E-state index in [4.69, 9.17) is 5.11 Å². The Morgan fingerprint density at radius 3 is 2.10 bits per heavy atom. The fourth-order valence-electron chi connectivity index (χ4n) is 1.94. The van der Waals surface area contributed by atoms with Crippen molar-refractivity contribution in [3.05, 3.63) is 35.4 Å². The number of benzene rings is 1. The molecule has 1 aromatic rings. The van der Waals surface area contributed by atoms with Crippen LogP contribution in [-0.2, 0) is 6.42 Å². The van der Waals surface area contributed by atoms with Crippen molar-refractivity contribution in [1.82, 2.24) is 5.32 Å². The lowest BCUT2D eigenvalue weighted by Crippen LogP contribution is -2.39. The molecule has 0 saturated carbocycles. The summed E-state index contributed by atoms with van der Waals surface area (Å²) >= 11 is 0. The Bertz CT molecular complexity index is 401. The minimum atomic E-state index is -4.58. The standard InChI is InChI=1S/C15H22F3NO/c1-10(2)8-12-4-6-13(7-5-12)11(3)19-9-14(20)15(16,17)18/h4-7,10-11,14,19-20H,8-9H2,1-3H3. The third kappa shape index (κ3) is 5.51. The zero-order chi connectivity index (χ0) is 15.3. The number of hydrogen-bond acceptors (Lipinski definition) is 2. The van der Waals surface area contributed by atoms with Crippen LogP contribution < -0.4 is 5.32 Å². The van der Waals surface area contributed by atoms with Crippen molar-refractivity contribution in [2.45, 2.75) is 45.5 Å². The fraction of sp³-hybridized carbons (Fsp3) is 0.600. The molecule has 0 fully saturated rings. The summed E-state index contributed by atoms with van der Waals surface area (Å²) in [5.41, 5.74) is 2.12. The molecule has 2 atom stereocenters. The summed E-state index contributed by atoms with van der Waals surface area (Å²) in [6.07, 6.45) is -5.92. The van der Waals surface area contributed by atoms with Crippen LogP contribution in [0, 0.1) is 5.92 Å². The van der Waals surface area contributed by atoms with Crippen molar-refractivity contribution in [1.29, 1.82) is 0 Å². The van der Waals surface area contributed by atoms with E-state index in [0.29, 0.717) is 5.92 Å². The van der Waals surface area contributed by atoms with Gasteiger partial charge in [0, 0.05) is 12.6 Å². The van der Waals surface area contributed by atoms with Crippen LogP contribution in [0.25, 0.3) is 0 Å². The second-order valence-corrected chi connectivity index (χ2v) is 5.53. The maximum atomic E-state index is 12.2. The van der Waals surface area contributed by atoms with Gasteiger partial charge in [0.05, 0.1) is 0 Å². The van der Waals surface area contributed by atoms with Crippen molar-refractivity contribution in [3.8, 4) is 0 Å². The van der Waals surface area contributed by atoms with Gasteiger partial charge >= 0.3 is 6.18 Å². The molecule has 20 heavy (non-hydrogen) atoms. The lowest BCUT2D eigenvalue weighted by molar-refractivity contribution is -0.202. The molecule has 2 N–H and O–H groups in total. The Kier molecular flexibility index (Phi) is 6.02. The van der Waals surface area contributed by atoms with Gasteiger partial charge in [-0.1, -0.05) is 38.1 Å². The number of hydrogen-bond donors (Lipinski definition) is 2. The second kappa shape index (κ2) is 7.09. The zero-order valence-corrected chi connectivity index (χ0v) is 12.0. The first-order chi connectivity index (χ1) is 9.20. The van der Waals surface area contributed by atoms with Crippen LogP contribution in [0.3, 0.4) is 0 Å². The topological polar surface area (TPSA) is 32.3 Å². The Morgan fingerprint density at radius 2 is 1.65 bits per heavy atom. The van der Waals surface area contributed by atoms with Gasteiger partial charge in [0.15, 0.2) is 6.10 Å². The molecular weight excluding hydrogens is 267 g/mol. The number of aliphatic hydroxyl groups is 1. The molecule has 2 unspecified atom stereocenters. The van der Waals surface area contributed by atoms with Gasteiger partial charge in [-0.2, -0.15) is 13.2 Å². The van der Waals surface area contributed by atoms with E-state index in [1.54, 1.807) is 6.92 Å². The van der Waals surface area contributed by atoms with Crippen molar-refractivity contribution in [3.63, 3.8) is 0 Å². The van der Waals surface area contributed by atoms with Gasteiger partial charge in [0.1, 0.15) is 0 Å². The largest absolute Gasteiger partial charge is 0.415 e. The summed E-state index contributed by atoms with van der Waals surface area (Å²) in [7, 11) is 0. The smallest absolute Gasteiger partial charge is 0.382 e. The lowest BCUT2D eigenvalue weighted by atomic mass is 10.00. The van der Waals surface area contributed by atoms with Crippen LogP contribution in [0.1, 0.15) is 37.9 Å². The Balaban J connectivity index is 2.53. The third-order valence-electron chi connectivity index (χ3n) is 3.12. The first-order valence-electron chi connectivity index (χ1n) is 6.77. The quantitative estimate of drug-likeness (QED) is 0.840. The van der Waals surface area contributed by atoms with E-state index in [9.17, 15) is 13.2 Å². The molecule has 5 heteroatoms. The molecule has 2 nitrogen and oxygen atoms in total. The summed E-state index contributed by atoms with van der Waals surface area (Å²) in [5, 5.41) is 11.6. The van der Waals surface area contributed by atoms with Crippen molar-refractivity contribution in [2.75, 3.05) is 6.54 Å². The first kappa shape index (κ1) is 17.0. The SMILES string of the molecule is CC(C)Cc1ccc(C(C)NCC(O)C(F)(F)F)cc1. The predicted octanol–water partition coefficient (Wildman–Crippen LogP) is 3.46. The van der Waals surface area contributed by atoms with Crippen LogP contribution >= 0.6 is 0 Å². The average Bonchev–Trinajstić information content (AvgIpc) is 2.34. The highest BCUT2D eigenvalue weighted by molar-refractivity contribution is 5.25. The van der Waals surface area contributed by atoms with E-state index < -0.39 is 18.8 Å². The molecule has 0 saturated heterocycles. The maximum Gasteiger partial charge on any atom is 0.415 e. The average molecular weight is 289 g/mol. The molecule has 0 heterocycles.